The lowest BCUT2D eigenvalue weighted by molar-refractivity contribution is -0.127. The Morgan fingerprint density at radius 3 is 2.64 bits per heavy atom. The number of para-hydroxylation sites is 1. The number of benzene rings is 1. The van der Waals surface area contributed by atoms with E-state index in [1.54, 1.807) is 7.11 Å². The zero-order valence-corrected chi connectivity index (χ0v) is 13.9. The molecule has 0 heterocycles. The third-order valence-electron chi connectivity index (χ3n) is 5.25. The summed E-state index contributed by atoms with van der Waals surface area (Å²) in [6.45, 7) is 1.99. The van der Waals surface area contributed by atoms with Gasteiger partial charge in [-0.05, 0) is 44.1 Å². The summed E-state index contributed by atoms with van der Waals surface area (Å²) in [5.41, 5.74) is 7.25. The van der Waals surface area contributed by atoms with Gasteiger partial charge >= 0.3 is 0 Å². The van der Waals surface area contributed by atoms with E-state index in [0.29, 0.717) is 11.8 Å². The number of methoxy groups -OCH3 is 1. The van der Waals surface area contributed by atoms with Crippen LogP contribution in [0.5, 0.6) is 5.75 Å². The molecule has 0 saturated heterocycles. The van der Waals surface area contributed by atoms with E-state index in [9.17, 15) is 4.79 Å². The van der Waals surface area contributed by atoms with Crippen molar-refractivity contribution in [3.8, 4) is 5.75 Å². The molecule has 5 unspecified atom stereocenters. The zero-order chi connectivity index (χ0) is 15.0. The maximum atomic E-state index is 12.6. The molecule has 1 amide bonds. The van der Waals surface area contributed by atoms with Gasteiger partial charge in [-0.15, -0.1) is 12.4 Å². The van der Waals surface area contributed by atoms with Crippen LogP contribution in [0, 0.1) is 17.8 Å². The molecule has 2 aliphatic rings. The van der Waals surface area contributed by atoms with Crippen LogP contribution in [0.25, 0.3) is 0 Å². The number of ether oxygens (including phenoxy) is 1. The Labute approximate surface area is 138 Å². The highest BCUT2D eigenvalue weighted by atomic mass is 35.5. The Morgan fingerprint density at radius 2 is 2.00 bits per heavy atom. The molecule has 3 N–H and O–H groups in total. The van der Waals surface area contributed by atoms with Crippen LogP contribution in [0.2, 0.25) is 0 Å². The number of nitrogens with two attached hydrogens (primary N) is 1. The van der Waals surface area contributed by atoms with Crippen molar-refractivity contribution in [3.63, 3.8) is 0 Å². The highest BCUT2D eigenvalue weighted by molar-refractivity contribution is 5.85. The van der Waals surface area contributed by atoms with E-state index in [2.05, 4.69) is 5.32 Å². The molecular weight excluding hydrogens is 300 g/mol. The molecule has 4 nitrogen and oxygen atoms in total. The number of fused-ring (bicyclic) bond motifs is 2. The molecule has 1 aromatic rings. The predicted molar refractivity (Wildman–Crippen MR) is 89.1 cm³/mol. The van der Waals surface area contributed by atoms with Crippen molar-refractivity contribution in [2.45, 2.75) is 38.3 Å². The van der Waals surface area contributed by atoms with Crippen molar-refractivity contribution in [1.82, 2.24) is 5.32 Å². The van der Waals surface area contributed by atoms with Crippen LogP contribution in [0.3, 0.4) is 0 Å². The lowest BCUT2D eigenvalue weighted by Gasteiger charge is -2.28. The predicted octanol–water partition coefficient (Wildman–Crippen LogP) is 2.67. The molecule has 0 radical (unpaired) electrons. The van der Waals surface area contributed by atoms with E-state index in [-0.39, 0.29) is 36.3 Å². The minimum absolute atomic E-state index is 0. The quantitative estimate of drug-likeness (QED) is 0.895. The van der Waals surface area contributed by atoms with E-state index < -0.39 is 0 Å². The van der Waals surface area contributed by atoms with E-state index in [1.807, 2.05) is 31.2 Å². The highest BCUT2D eigenvalue weighted by Crippen LogP contribution is 2.47. The minimum Gasteiger partial charge on any atom is -0.496 e. The Kier molecular flexibility index (Phi) is 5.35. The Morgan fingerprint density at radius 1 is 1.32 bits per heavy atom. The van der Waals surface area contributed by atoms with Gasteiger partial charge in [0, 0.05) is 11.6 Å². The largest absolute Gasteiger partial charge is 0.496 e. The number of amides is 1. The monoisotopic (exact) mass is 324 g/mol. The van der Waals surface area contributed by atoms with Gasteiger partial charge in [-0.2, -0.15) is 0 Å². The molecule has 2 saturated carbocycles. The second kappa shape index (κ2) is 6.88. The summed E-state index contributed by atoms with van der Waals surface area (Å²) in [4.78, 5) is 12.6. The fraction of sp³-hybridized carbons (Fsp3) is 0.588. The summed E-state index contributed by atoms with van der Waals surface area (Å²) in [5, 5.41) is 3.13. The summed E-state index contributed by atoms with van der Waals surface area (Å²) in [6.07, 6.45) is 3.47. The number of rotatable bonds is 4. The Bertz CT molecular complexity index is 535. The van der Waals surface area contributed by atoms with Crippen molar-refractivity contribution in [3.05, 3.63) is 29.8 Å². The van der Waals surface area contributed by atoms with Crippen molar-refractivity contribution in [2.75, 3.05) is 7.11 Å². The standard InChI is InChI=1S/C17H24N2O2.ClH/c1-10(13-5-3-4-6-14(13)21-2)19-17(20)15-11-7-8-12(9-11)16(15)18;/h3-6,10-12,15-16H,7-9,18H2,1-2H3,(H,19,20);1H. The van der Waals surface area contributed by atoms with Gasteiger partial charge in [0.1, 0.15) is 5.75 Å². The molecule has 3 rings (SSSR count). The number of carbonyl (C=O) groups excluding carboxylic acids is 1. The summed E-state index contributed by atoms with van der Waals surface area (Å²) in [5.74, 6) is 1.93. The van der Waals surface area contributed by atoms with Gasteiger partial charge in [0.05, 0.1) is 19.1 Å². The first-order chi connectivity index (χ1) is 10.1. The number of hydrogen-bond acceptors (Lipinski definition) is 3. The Hall–Kier alpha value is -1.26. The van der Waals surface area contributed by atoms with Crippen LogP contribution in [0.15, 0.2) is 24.3 Å². The SMILES string of the molecule is COc1ccccc1C(C)NC(=O)C1C2CCC(C2)C1N.Cl. The third kappa shape index (κ3) is 2.95. The van der Waals surface area contributed by atoms with Gasteiger partial charge < -0.3 is 15.8 Å². The van der Waals surface area contributed by atoms with Crippen LogP contribution in [0.1, 0.15) is 37.8 Å². The van der Waals surface area contributed by atoms with Crippen LogP contribution in [0.4, 0.5) is 0 Å². The molecular formula is C17H25ClN2O2. The first-order valence-electron chi connectivity index (χ1n) is 7.80. The molecule has 2 fully saturated rings. The number of hydrogen-bond donors (Lipinski definition) is 2. The molecule has 1 aromatic carbocycles. The molecule has 122 valence electrons. The minimum atomic E-state index is -0.0695. The topological polar surface area (TPSA) is 64.3 Å². The van der Waals surface area contributed by atoms with E-state index in [4.69, 9.17) is 10.5 Å². The van der Waals surface area contributed by atoms with Crippen molar-refractivity contribution < 1.29 is 9.53 Å². The lowest BCUT2D eigenvalue weighted by Crippen LogP contribution is -2.45. The van der Waals surface area contributed by atoms with E-state index >= 15 is 0 Å². The van der Waals surface area contributed by atoms with Crippen LogP contribution in [-0.2, 0) is 4.79 Å². The van der Waals surface area contributed by atoms with Gasteiger partial charge in [-0.1, -0.05) is 18.2 Å². The maximum absolute atomic E-state index is 12.6. The smallest absolute Gasteiger partial charge is 0.225 e. The summed E-state index contributed by atoms with van der Waals surface area (Å²) < 4.78 is 5.37. The third-order valence-corrected chi connectivity index (χ3v) is 5.25. The van der Waals surface area contributed by atoms with Crippen molar-refractivity contribution >= 4 is 18.3 Å². The summed E-state index contributed by atoms with van der Waals surface area (Å²) in [7, 11) is 1.65. The molecule has 0 aliphatic heterocycles. The van der Waals surface area contributed by atoms with Gasteiger partial charge in [-0.25, -0.2) is 0 Å². The second-order valence-corrected chi connectivity index (χ2v) is 6.41. The fourth-order valence-electron chi connectivity index (χ4n) is 4.14. The zero-order valence-electron chi connectivity index (χ0n) is 13.1. The molecule has 2 bridgehead atoms. The summed E-state index contributed by atoms with van der Waals surface area (Å²) in [6, 6.07) is 7.77. The average molecular weight is 325 g/mol. The molecule has 2 aliphatic carbocycles. The fourth-order valence-corrected chi connectivity index (χ4v) is 4.14. The van der Waals surface area contributed by atoms with Crippen LogP contribution < -0.4 is 15.8 Å². The number of halogens is 1. The summed E-state index contributed by atoms with van der Waals surface area (Å²) >= 11 is 0. The molecule has 22 heavy (non-hydrogen) atoms. The normalized spacial score (nSPS) is 30.5. The van der Waals surface area contributed by atoms with Gasteiger partial charge in [-0.3, -0.25) is 4.79 Å². The lowest BCUT2D eigenvalue weighted by atomic mass is 9.84. The Balaban J connectivity index is 0.00000176. The molecule has 5 heteroatoms. The van der Waals surface area contributed by atoms with Crippen molar-refractivity contribution in [1.29, 1.82) is 0 Å². The molecule has 5 atom stereocenters. The molecule has 0 aromatic heterocycles. The van der Waals surface area contributed by atoms with E-state index in [1.165, 1.54) is 6.42 Å². The van der Waals surface area contributed by atoms with Gasteiger partial charge in [0.2, 0.25) is 5.91 Å². The van der Waals surface area contributed by atoms with Crippen LogP contribution >= 0.6 is 12.4 Å². The number of carbonyl (C=O) groups is 1. The average Bonchev–Trinajstić information content (AvgIpc) is 3.07. The van der Waals surface area contributed by atoms with Crippen LogP contribution in [-0.4, -0.2) is 19.1 Å². The highest BCUT2D eigenvalue weighted by Gasteiger charge is 2.49. The second-order valence-electron chi connectivity index (χ2n) is 6.41. The molecule has 0 spiro atoms. The van der Waals surface area contributed by atoms with Crippen molar-refractivity contribution in [2.24, 2.45) is 23.5 Å². The van der Waals surface area contributed by atoms with Gasteiger partial charge in [0.25, 0.3) is 0 Å². The van der Waals surface area contributed by atoms with Gasteiger partial charge in [0.15, 0.2) is 0 Å². The first kappa shape index (κ1) is 17.1. The number of nitrogens with one attached hydrogen (secondary N) is 1. The van der Waals surface area contributed by atoms with E-state index in [0.717, 1.165) is 24.2 Å². The maximum Gasteiger partial charge on any atom is 0.225 e. The first-order valence-corrected chi connectivity index (χ1v) is 7.80.